The molecule has 0 aromatic heterocycles. The van der Waals surface area contributed by atoms with Crippen LogP contribution in [0.1, 0.15) is 13.3 Å². The van der Waals surface area contributed by atoms with Gasteiger partial charge in [0.2, 0.25) is 6.08 Å². The first-order chi connectivity index (χ1) is 5.18. The lowest BCUT2D eigenvalue weighted by Gasteiger charge is -1.71. The van der Waals surface area contributed by atoms with Crippen molar-refractivity contribution in [3.63, 3.8) is 0 Å². The minimum Gasteiger partial charge on any atom is -0.478 e. The van der Waals surface area contributed by atoms with Gasteiger partial charge in [-0.1, -0.05) is 13.5 Å². The zero-order valence-corrected chi connectivity index (χ0v) is 6.41. The summed E-state index contributed by atoms with van der Waals surface area (Å²) in [5.41, 5.74) is 0. The average Bonchev–Trinajstić information content (AvgIpc) is 2.02. The third-order valence-corrected chi connectivity index (χ3v) is 0.575. The van der Waals surface area contributed by atoms with Crippen molar-refractivity contribution in [1.29, 1.82) is 0 Å². The van der Waals surface area contributed by atoms with Gasteiger partial charge in [-0.25, -0.2) is 14.6 Å². The van der Waals surface area contributed by atoms with E-state index in [4.69, 9.17) is 5.11 Å². The Balaban J connectivity index is 0. The molecular weight excluding hydrogens is 146 g/mol. The summed E-state index contributed by atoms with van der Waals surface area (Å²) < 4.78 is 0. The number of carbonyl (C=O) groups excluding carboxylic acids is 1. The maximum Gasteiger partial charge on any atom is 0.327 e. The summed E-state index contributed by atoms with van der Waals surface area (Å²) in [6, 6.07) is 0. The Morgan fingerprint density at radius 2 is 2.27 bits per heavy atom. The summed E-state index contributed by atoms with van der Waals surface area (Å²) >= 11 is 0. The summed E-state index contributed by atoms with van der Waals surface area (Å²) in [5.74, 6) is -0.981. The van der Waals surface area contributed by atoms with Crippen molar-refractivity contribution in [2.24, 2.45) is 4.99 Å². The first kappa shape index (κ1) is 12.3. The standard InChI is InChI=1S/C4H7NO.C3H4O2/c1-2-3-5-4-6;1-2-3(4)5/h2-3H2,1H3;2H,1H2,(H,4,5). The molecule has 0 amide bonds. The molecule has 0 bridgehead atoms. The summed E-state index contributed by atoms with van der Waals surface area (Å²) in [7, 11) is 0. The average molecular weight is 157 g/mol. The van der Waals surface area contributed by atoms with Crippen LogP contribution in [0.2, 0.25) is 0 Å². The van der Waals surface area contributed by atoms with E-state index in [1.54, 1.807) is 0 Å². The van der Waals surface area contributed by atoms with Crippen LogP contribution in [0.3, 0.4) is 0 Å². The quantitative estimate of drug-likeness (QED) is 0.377. The van der Waals surface area contributed by atoms with Crippen LogP contribution in [-0.4, -0.2) is 23.7 Å². The fourth-order valence-corrected chi connectivity index (χ4v) is 0.157. The molecule has 0 rings (SSSR count). The van der Waals surface area contributed by atoms with Crippen molar-refractivity contribution >= 4 is 12.0 Å². The number of hydrogen-bond acceptors (Lipinski definition) is 3. The highest BCUT2D eigenvalue weighted by atomic mass is 16.4. The number of isocyanates is 1. The van der Waals surface area contributed by atoms with Crippen LogP contribution in [0.4, 0.5) is 0 Å². The van der Waals surface area contributed by atoms with Crippen molar-refractivity contribution in [3.05, 3.63) is 12.7 Å². The van der Waals surface area contributed by atoms with Gasteiger partial charge in [-0.05, 0) is 6.42 Å². The SMILES string of the molecule is C=CC(=O)O.CCCN=C=O. The predicted octanol–water partition coefficient (Wildman–Crippen LogP) is 0.989. The fourth-order valence-electron chi connectivity index (χ4n) is 0.157. The van der Waals surface area contributed by atoms with E-state index in [1.807, 2.05) is 6.92 Å². The molecule has 0 aromatic carbocycles. The second-order valence-electron chi connectivity index (χ2n) is 1.52. The Morgan fingerprint density at radius 3 is 2.36 bits per heavy atom. The van der Waals surface area contributed by atoms with E-state index in [2.05, 4.69) is 11.6 Å². The van der Waals surface area contributed by atoms with Crippen LogP contribution in [-0.2, 0) is 9.59 Å². The van der Waals surface area contributed by atoms with Gasteiger partial charge >= 0.3 is 5.97 Å². The van der Waals surface area contributed by atoms with Gasteiger partial charge in [-0.3, -0.25) is 0 Å². The topological polar surface area (TPSA) is 66.7 Å². The third-order valence-electron chi connectivity index (χ3n) is 0.575. The van der Waals surface area contributed by atoms with Crippen LogP contribution >= 0.6 is 0 Å². The van der Waals surface area contributed by atoms with E-state index in [0.717, 1.165) is 12.5 Å². The molecule has 0 atom stereocenters. The molecule has 4 heteroatoms. The van der Waals surface area contributed by atoms with Crippen LogP contribution in [0.25, 0.3) is 0 Å². The molecule has 0 aliphatic rings. The van der Waals surface area contributed by atoms with E-state index in [0.29, 0.717) is 6.54 Å². The van der Waals surface area contributed by atoms with Crippen molar-refractivity contribution in [2.45, 2.75) is 13.3 Å². The molecule has 0 aromatic rings. The summed E-state index contributed by atoms with van der Waals surface area (Å²) in [5, 5.41) is 7.60. The van der Waals surface area contributed by atoms with Crippen molar-refractivity contribution < 1.29 is 14.7 Å². The number of carboxylic acid groups (broad SMARTS) is 1. The van der Waals surface area contributed by atoms with E-state index >= 15 is 0 Å². The number of aliphatic imine (C=N–C) groups is 1. The number of carboxylic acids is 1. The Labute approximate surface area is 65.3 Å². The van der Waals surface area contributed by atoms with Gasteiger partial charge in [-0.2, -0.15) is 0 Å². The summed E-state index contributed by atoms with van der Waals surface area (Å²) in [4.78, 5) is 21.8. The zero-order chi connectivity index (χ0) is 9.11. The monoisotopic (exact) mass is 157 g/mol. The highest BCUT2D eigenvalue weighted by Gasteiger charge is 1.73. The van der Waals surface area contributed by atoms with Gasteiger partial charge in [0, 0.05) is 6.08 Å². The maximum atomic E-state index is 9.27. The molecule has 0 spiro atoms. The molecule has 0 fully saturated rings. The molecule has 62 valence electrons. The van der Waals surface area contributed by atoms with E-state index < -0.39 is 5.97 Å². The molecule has 1 N–H and O–H groups in total. The molecule has 0 radical (unpaired) electrons. The Morgan fingerprint density at radius 1 is 1.82 bits per heavy atom. The molecule has 0 unspecified atom stereocenters. The van der Waals surface area contributed by atoms with Crippen LogP contribution < -0.4 is 0 Å². The highest BCUT2D eigenvalue weighted by molar-refractivity contribution is 5.78. The largest absolute Gasteiger partial charge is 0.478 e. The number of nitrogens with zero attached hydrogens (tertiary/aromatic N) is 1. The first-order valence-corrected chi connectivity index (χ1v) is 3.08. The van der Waals surface area contributed by atoms with Crippen LogP contribution in [0.5, 0.6) is 0 Å². The Kier molecular flexibility index (Phi) is 12.7. The van der Waals surface area contributed by atoms with E-state index in [1.165, 1.54) is 6.08 Å². The highest BCUT2D eigenvalue weighted by Crippen LogP contribution is 1.70. The van der Waals surface area contributed by atoms with Gasteiger partial charge in [0.1, 0.15) is 0 Å². The summed E-state index contributed by atoms with van der Waals surface area (Å²) in [6.45, 7) is 5.53. The molecular formula is C7H11NO3. The molecule has 0 aliphatic heterocycles. The number of aliphatic carboxylic acids is 1. The first-order valence-electron chi connectivity index (χ1n) is 3.08. The second-order valence-corrected chi connectivity index (χ2v) is 1.52. The number of rotatable bonds is 3. The predicted molar refractivity (Wildman–Crippen MR) is 41.1 cm³/mol. The lowest BCUT2D eigenvalue weighted by atomic mass is 10.5. The van der Waals surface area contributed by atoms with Gasteiger partial charge in [-0.15, -0.1) is 0 Å². The fraction of sp³-hybridized carbons (Fsp3) is 0.429. The van der Waals surface area contributed by atoms with E-state index in [-0.39, 0.29) is 0 Å². The normalized spacial score (nSPS) is 6.64. The molecule has 11 heavy (non-hydrogen) atoms. The molecule has 0 aliphatic carbocycles. The number of hydrogen-bond donors (Lipinski definition) is 1. The van der Waals surface area contributed by atoms with Gasteiger partial charge in [0.15, 0.2) is 0 Å². The van der Waals surface area contributed by atoms with E-state index in [9.17, 15) is 9.59 Å². The third kappa shape index (κ3) is 28.9. The summed E-state index contributed by atoms with van der Waals surface area (Å²) in [6.07, 6.45) is 3.20. The molecule has 0 heterocycles. The second kappa shape index (κ2) is 11.4. The van der Waals surface area contributed by atoms with Gasteiger partial charge in [0.25, 0.3) is 0 Å². The van der Waals surface area contributed by atoms with Crippen molar-refractivity contribution in [1.82, 2.24) is 0 Å². The zero-order valence-electron chi connectivity index (χ0n) is 6.41. The molecule has 0 saturated heterocycles. The maximum absolute atomic E-state index is 9.27. The number of carbonyl (C=O) groups is 1. The van der Waals surface area contributed by atoms with Crippen LogP contribution in [0.15, 0.2) is 17.6 Å². The van der Waals surface area contributed by atoms with Gasteiger partial charge < -0.3 is 5.11 Å². The van der Waals surface area contributed by atoms with Crippen LogP contribution in [0, 0.1) is 0 Å². The lowest BCUT2D eigenvalue weighted by Crippen LogP contribution is -1.82. The minimum absolute atomic E-state index is 0.615. The van der Waals surface area contributed by atoms with Crippen molar-refractivity contribution in [2.75, 3.05) is 6.54 Å². The molecule has 0 saturated carbocycles. The lowest BCUT2D eigenvalue weighted by molar-refractivity contribution is -0.131. The van der Waals surface area contributed by atoms with Crippen molar-refractivity contribution in [3.8, 4) is 0 Å². The molecule has 4 nitrogen and oxygen atoms in total. The minimum atomic E-state index is -0.981. The van der Waals surface area contributed by atoms with Gasteiger partial charge in [0.05, 0.1) is 6.54 Å². The Hall–Kier alpha value is -1.41. The smallest absolute Gasteiger partial charge is 0.327 e. The Bertz CT molecular complexity index is 159.